The summed E-state index contributed by atoms with van der Waals surface area (Å²) in [4.78, 5) is 2.26. The quantitative estimate of drug-likeness (QED) is 0.474. The van der Waals surface area contributed by atoms with Gasteiger partial charge in [-0.25, -0.2) is 0 Å². The lowest BCUT2D eigenvalue weighted by atomic mass is 9.92. The van der Waals surface area contributed by atoms with Crippen molar-refractivity contribution in [2.75, 3.05) is 27.2 Å². The van der Waals surface area contributed by atoms with Gasteiger partial charge in [0.05, 0.1) is 6.61 Å². The zero-order chi connectivity index (χ0) is 18.9. The molecule has 2 rings (SSSR count). The third-order valence-electron chi connectivity index (χ3n) is 4.97. The van der Waals surface area contributed by atoms with Gasteiger partial charge in [0.1, 0.15) is 5.75 Å². The topological polar surface area (TPSA) is 12.5 Å². The summed E-state index contributed by atoms with van der Waals surface area (Å²) in [5.74, 6) is 1.02. The normalized spacial score (nSPS) is 11.2. The highest BCUT2D eigenvalue weighted by Gasteiger charge is 2.13. The molecule has 2 aromatic rings. The average Bonchev–Trinajstić information content (AvgIpc) is 2.58. The molecule has 0 spiro atoms. The van der Waals surface area contributed by atoms with Crippen LogP contribution in [0.5, 0.6) is 5.75 Å². The molecule has 0 amide bonds. The van der Waals surface area contributed by atoms with E-state index in [2.05, 4.69) is 76.2 Å². The van der Waals surface area contributed by atoms with Crippen LogP contribution < -0.4 is 4.74 Å². The van der Waals surface area contributed by atoms with E-state index in [1.807, 2.05) is 0 Å². The summed E-state index contributed by atoms with van der Waals surface area (Å²) >= 11 is 0. The third-order valence-corrected chi connectivity index (χ3v) is 4.97. The molecule has 0 aliphatic heterocycles. The predicted molar refractivity (Wildman–Crippen MR) is 113 cm³/mol. The summed E-state index contributed by atoms with van der Waals surface area (Å²) in [6, 6.07) is 12.9. The Labute approximate surface area is 160 Å². The Morgan fingerprint density at radius 2 is 1.23 bits per heavy atom. The second kappa shape index (κ2) is 10.4. The monoisotopic (exact) mass is 353 g/mol. The van der Waals surface area contributed by atoms with Crippen LogP contribution in [0.1, 0.15) is 48.8 Å². The van der Waals surface area contributed by atoms with Crippen LogP contribution in [0.25, 0.3) is 11.1 Å². The van der Waals surface area contributed by atoms with Gasteiger partial charge in [-0.2, -0.15) is 0 Å². The number of hydrogen-bond acceptors (Lipinski definition) is 2. The largest absolute Gasteiger partial charge is 0.493 e. The van der Waals surface area contributed by atoms with Gasteiger partial charge >= 0.3 is 0 Å². The molecule has 26 heavy (non-hydrogen) atoms. The van der Waals surface area contributed by atoms with Gasteiger partial charge in [-0.3, -0.25) is 0 Å². The van der Waals surface area contributed by atoms with Gasteiger partial charge in [0.2, 0.25) is 0 Å². The summed E-state index contributed by atoms with van der Waals surface area (Å²) in [6.07, 6.45) is 6.29. The third kappa shape index (κ3) is 5.88. The van der Waals surface area contributed by atoms with Crippen LogP contribution in [0.15, 0.2) is 36.4 Å². The molecule has 0 aliphatic carbocycles. The molecule has 0 unspecified atom stereocenters. The first-order valence-electron chi connectivity index (χ1n) is 9.94. The number of aryl methyl sites for hydroxylation is 3. The molecule has 0 fully saturated rings. The molecule has 0 radical (unpaired) electrons. The lowest BCUT2D eigenvalue weighted by molar-refractivity contribution is 0.304. The van der Waals surface area contributed by atoms with Crippen molar-refractivity contribution in [1.82, 2.24) is 4.90 Å². The number of hydrogen-bond donors (Lipinski definition) is 0. The highest BCUT2D eigenvalue weighted by molar-refractivity contribution is 5.78. The van der Waals surface area contributed by atoms with Crippen LogP contribution in [-0.4, -0.2) is 32.1 Å². The van der Waals surface area contributed by atoms with Crippen LogP contribution in [0.4, 0.5) is 0 Å². The lowest BCUT2D eigenvalue weighted by Crippen LogP contribution is -2.12. The van der Waals surface area contributed by atoms with E-state index < -0.39 is 0 Å². The van der Waals surface area contributed by atoms with Crippen LogP contribution in [-0.2, 0) is 0 Å². The Kier molecular flexibility index (Phi) is 8.18. The zero-order valence-corrected chi connectivity index (χ0v) is 17.3. The number of rotatable bonds is 10. The number of nitrogens with zero attached hydrogens (tertiary/aromatic N) is 1. The Bertz CT molecular complexity index is 670. The van der Waals surface area contributed by atoms with E-state index in [1.54, 1.807) is 0 Å². The van der Waals surface area contributed by atoms with Crippen LogP contribution in [0.2, 0.25) is 0 Å². The minimum absolute atomic E-state index is 0.801. The Morgan fingerprint density at radius 3 is 1.88 bits per heavy atom. The fraction of sp³-hybridized carbons (Fsp3) is 0.500. The SMILES string of the molecule is Cc1cccc(C)c1-c1c(C)cccc1OCCCCCCCN(C)C. The van der Waals surface area contributed by atoms with Gasteiger partial charge in [-0.15, -0.1) is 0 Å². The maximum atomic E-state index is 6.22. The molecule has 2 heteroatoms. The molecule has 0 N–H and O–H groups in total. The maximum Gasteiger partial charge on any atom is 0.127 e. The molecule has 2 nitrogen and oxygen atoms in total. The molecule has 0 aliphatic rings. The zero-order valence-electron chi connectivity index (χ0n) is 17.3. The van der Waals surface area contributed by atoms with Crippen molar-refractivity contribution in [3.63, 3.8) is 0 Å². The van der Waals surface area contributed by atoms with Crippen LogP contribution in [0.3, 0.4) is 0 Å². The van der Waals surface area contributed by atoms with Crippen molar-refractivity contribution < 1.29 is 4.74 Å². The molecule has 0 heterocycles. The molecule has 0 saturated heterocycles. The second-order valence-corrected chi connectivity index (χ2v) is 7.63. The molecular formula is C24H35NO. The maximum absolute atomic E-state index is 6.22. The van der Waals surface area contributed by atoms with E-state index in [-0.39, 0.29) is 0 Å². The van der Waals surface area contributed by atoms with E-state index in [9.17, 15) is 0 Å². The molecule has 142 valence electrons. The van der Waals surface area contributed by atoms with Gasteiger partial charge in [0.25, 0.3) is 0 Å². The fourth-order valence-corrected chi connectivity index (χ4v) is 3.53. The van der Waals surface area contributed by atoms with Crippen molar-refractivity contribution in [3.8, 4) is 16.9 Å². The highest BCUT2D eigenvalue weighted by Crippen LogP contribution is 2.37. The smallest absolute Gasteiger partial charge is 0.127 e. The van der Waals surface area contributed by atoms with Crippen molar-refractivity contribution in [1.29, 1.82) is 0 Å². The van der Waals surface area contributed by atoms with Gasteiger partial charge in [-0.05, 0) is 82.6 Å². The summed E-state index contributed by atoms with van der Waals surface area (Å²) in [6.45, 7) is 8.55. The lowest BCUT2D eigenvalue weighted by Gasteiger charge is -2.18. The van der Waals surface area contributed by atoms with E-state index in [0.717, 1.165) is 18.8 Å². The van der Waals surface area contributed by atoms with Crippen LogP contribution >= 0.6 is 0 Å². The molecule has 0 aromatic heterocycles. The summed E-state index contributed by atoms with van der Waals surface area (Å²) in [5.41, 5.74) is 6.48. The highest BCUT2D eigenvalue weighted by atomic mass is 16.5. The summed E-state index contributed by atoms with van der Waals surface area (Å²) < 4.78 is 6.22. The molecule has 0 saturated carbocycles. The first kappa shape index (κ1) is 20.5. The van der Waals surface area contributed by atoms with E-state index in [4.69, 9.17) is 4.74 Å². The van der Waals surface area contributed by atoms with Gasteiger partial charge in [0, 0.05) is 5.56 Å². The Balaban J connectivity index is 1.94. The van der Waals surface area contributed by atoms with Gasteiger partial charge in [0.15, 0.2) is 0 Å². The van der Waals surface area contributed by atoms with E-state index in [1.165, 1.54) is 60.0 Å². The molecular weight excluding hydrogens is 318 g/mol. The minimum Gasteiger partial charge on any atom is -0.493 e. The van der Waals surface area contributed by atoms with Crippen molar-refractivity contribution in [2.24, 2.45) is 0 Å². The van der Waals surface area contributed by atoms with E-state index >= 15 is 0 Å². The molecule has 0 bridgehead atoms. The van der Waals surface area contributed by atoms with Crippen molar-refractivity contribution >= 4 is 0 Å². The molecule has 2 aromatic carbocycles. The van der Waals surface area contributed by atoms with Gasteiger partial charge < -0.3 is 9.64 Å². The Morgan fingerprint density at radius 1 is 0.692 bits per heavy atom. The van der Waals surface area contributed by atoms with Crippen molar-refractivity contribution in [2.45, 2.75) is 52.9 Å². The van der Waals surface area contributed by atoms with Crippen LogP contribution in [0, 0.1) is 20.8 Å². The number of unbranched alkanes of at least 4 members (excludes halogenated alkanes) is 4. The standard InChI is InChI=1S/C24H35NO/c1-19-13-11-14-20(2)23(19)24-21(3)15-12-16-22(24)26-18-10-8-6-7-9-17-25(4)5/h11-16H,6-10,17-18H2,1-5H3. The average molecular weight is 354 g/mol. The van der Waals surface area contributed by atoms with Crippen molar-refractivity contribution in [3.05, 3.63) is 53.1 Å². The fourth-order valence-electron chi connectivity index (χ4n) is 3.53. The summed E-state index contributed by atoms with van der Waals surface area (Å²) in [5, 5.41) is 0. The molecule has 0 atom stereocenters. The number of ether oxygens (including phenoxy) is 1. The minimum atomic E-state index is 0.801. The van der Waals surface area contributed by atoms with E-state index in [0.29, 0.717) is 0 Å². The first-order valence-corrected chi connectivity index (χ1v) is 9.94. The first-order chi connectivity index (χ1) is 12.5. The van der Waals surface area contributed by atoms with Gasteiger partial charge in [-0.1, -0.05) is 49.6 Å². The summed E-state index contributed by atoms with van der Waals surface area (Å²) in [7, 11) is 4.28. The Hall–Kier alpha value is -1.80. The number of benzene rings is 2. The second-order valence-electron chi connectivity index (χ2n) is 7.63. The predicted octanol–water partition coefficient (Wildman–Crippen LogP) is 6.17.